The molecule has 0 amide bonds. The standard InChI is InChI=1S/C14H11NO5/c15-10-5-8(17)6-12(20-7-16)13(10)14(19)9-3-1-2-4-11(9)18/h1-7,17-18H,15H2. The quantitative estimate of drug-likeness (QED) is 0.442. The Morgan fingerprint density at radius 2 is 1.90 bits per heavy atom. The van der Waals surface area contributed by atoms with Gasteiger partial charge in [-0.15, -0.1) is 0 Å². The number of nitrogens with two attached hydrogens (primary N) is 1. The van der Waals surface area contributed by atoms with Gasteiger partial charge in [0.2, 0.25) is 5.78 Å². The van der Waals surface area contributed by atoms with E-state index >= 15 is 0 Å². The minimum Gasteiger partial charge on any atom is -0.508 e. The second kappa shape index (κ2) is 5.31. The molecule has 0 saturated carbocycles. The molecule has 6 nitrogen and oxygen atoms in total. The monoisotopic (exact) mass is 273 g/mol. The van der Waals surface area contributed by atoms with Crippen molar-refractivity contribution in [3.8, 4) is 17.2 Å². The van der Waals surface area contributed by atoms with Gasteiger partial charge in [0.05, 0.1) is 16.8 Å². The molecule has 0 aliphatic heterocycles. The normalized spacial score (nSPS) is 10.0. The molecule has 2 rings (SSSR count). The third kappa shape index (κ3) is 2.39. The fraction of sp³-hybridized carbons (Fsp3) is 0. The fourth-order valence-corrected chi connectivity index (χ4v) is 1.81. The minimum atomic E-state index is -0.613. The molecule has 6 heteroatoms. The average Bonchev–Trinajstić information content (AvgIpc) is 2.38. The highest BCUT2D eigenvalue weighted by Crippen LogP contribution is 2.33. The van der Waals surface area contributed by atoms with E-state index < -0.39 is 5.78 Å². The first-order valence-electron chi connectivity index (χ1n) is 5.60. The van der Waals surface area contributed by atoms with Crippen LogP contribution in [0.1, 0.15) is 15.9 Å². The van der Waals surface area contributed by atoms with E-state index in [1.54, 1.807) is 12.1 Å². The number of hydrogen-bond acceptors (Lipinski definition) is 6. The number of hydrogen-bond donors (Lipinski definition) is 3. The Balaban J connectivity index is 2.60. The summed E-state index contributed by atoms with van der Waals surface area (Å²) in [6, 6.07) is 8.15. The molecule has 0 atom stereocenters. The number of para-hydroxylation sites is 1. The Morgan fingerprint density at radius 3 is 2.55 bits per heavy atom. The van der Waals surface area contributed by atoms with Crippen LogP contribution < -0.4 is 10.5 Å². The van der Waals surface area contributed by atoms with Crippen LogP contribution in [0.4, 0.5) is 5.69 Å². The first kappa shape index (κ1) is 13.4. The van der Waals surface area contributed by atoms with Crippen molar-refractivity contribution in [3.05, 3.63) is 47.5 Å². The van der Waals surface area contributed by atoms with E-state index in [1.165, 1.54) is 12.1 Å². The fourth-order valence-electron chi connectivity index (χ4n) is 1.81. The zero-order valence-corrected chi connectivity index (χ0v) is 10.2. The van der Waals surface area contributed by atoms with E-state index in [9.17, 15) is 19.8 Å². The number of carbonyl (C=O) groups is 2. The van der Waals surface area contributed by atoms with E-state index in [0.29, 0.717) is 0 Å². The average molecular weight is 273 g/mol. The van der Waals surface area contributed by atoms with Gasteiger partial charge in [-0.2, -0.15) is 0 Å². The topological polar surface area (TPSA) is 110 Å². The summed E-state index contributed by atoms with van der Waals surface area (Å²) in [5.41, 5.74) is 5.54. The highest BCUT2D eigenvalue weighted by Gasteiger charge is 2.21. The van der Waals surface area contributed by atoms with Crippen LogP contribution >= 0.6 is 0 Å². The van der Waals surface area contributed by atoms with Crippen LogP contribution in [0.5, 0.6) is 17.2 Å². The molecule has 20 heavy (non-hydrogen) atoms. The second-order valence-electron chi connectivity index (χ2n) is 3.97. The number of nitrogen functional groups attached to an aromatic ring is 1. The molecule has 2 aromatic carbocycles. The first-order valence-corrected chi connectivity index (χ1v) is 5.60. The molecular weight excluding hydrogens is 262 g/mol. The van der Waals surface area contributed by atoms with Crippen molar-refractivity contribution in [3.63, 3.8) is 0 Å². The predicted molar refractivity (Wildman–Crippen MR) is 70.8 cm³/mol. The number of phenols is 2. The van der Waals surface area contributed by atoms with E-state index in [2.05, 4.69) is 4.74 Å². The lowest BCUT2D eigenvalue weighted by Crippen LogP contribution is -2.08. The zero-order chi connectivity index (χ0) is 14.7. The van der Waals surface area contributed by atoms with Crippen LogP contribution in [0, 0.1) is 0 Å². The van der Waals surface area contributed by atoms with Gasteiger partial charge in [0.25, 0.3) is 6.47 Å². The van der Waals surface area contributed by atoms with Gasteiger partial charge in [-0.05, 0) is 12.1 Å². The molecule has 0 unspecified atom stereocenters. The lowest BCUT2D eigenvalue weighted by molar-refractivity contribution is -0.120. The third-order valence-electron chi connectivity index (χ3n) is 2.67. The van der Waals surface area contributed by atoms with Crippen LogP contribution in [0.2, 0.25) is 0 Å². The maximum atomic E-state index is 12.4. The summed E-state index contributed by atoms with van der Waals surface area (Å²) in [5, 5.41) is 19.1. The smallest absolute Gasteiger partial charge is 0.298 e. The lowest BCUT2D eigenvalue weighted by atomic mass is 9.99. The van der Waals surface area contributed by atoms with E-state index in [4.69, 9.17) is 5.73 Å². The molecule has 4 N–H and O–H groups in total. The first-order chi connectivity index (χ1) is 9.54. The summed E-state index contributed by atoms with van der Waals surface area (Å²) in [5.74, 6) is -1.25. The largest absolute Gasteiger partial charge is 0.508 e. The Kier molecular flexibility index (Phi) is 3.56. The predicted octanol–water partition coefficient (Wildman–Crippen LogP) is 1.45. The van der Waals surface area contributed by atoms with Gasteiger partial charge in [-0.25, -0.2) is 0 Å². The number of aromatic hydroxyl groups is 2. The molecule has 0 aliphatic carbocycles. The van der Waals surface area contributed by atoms with Gasteiger partial charge in [0, 0.05) is 12.1 Å². The molecule has 0 fully saturated rings. The van der Waals surface area contributed by atoms with Crippen molar-refractivity contribution >= 4 is 17.9 Å². The molecule has 2 aromatic rings. The summed E-state index contributed by atoms with van der Waals surface area (Å²) in [4.78, 5) is 22.8. The molecule has 0 aliphatic rings. The summed E-state index contributed by atoms with van der Waals surface area (Å²) in [6.45, 7) is 0.121. The molecular formula is C14H11NO5. The van der Waals surface area contributed by atoms with Gasteiger partial charge in [0.15, 0.2) is 0 Å². The summed E-state index contributed by atoms with van der Waals surface area (Å²) in [6.07, 6.45) is 0. The number of rotatable bonds is 4. The van der Waals surface area contributed by atoms with Crippen molar-refractivity contribution in [1.29, 1.82) is 0 Å². The lowest BCUT2D eigenvalue weighted by Gasteiger charge is -2.11. The second-order valence-corrected chi connectivity index (χ2v) is 3.97. The SMILES string of the molecule is Nc1cc(O)cc(OC=O)c1C(=O)c1ccccc1O. The number of benzene rings is 2. The maximum absolute atomic E-state index is 12.4. The Labute approximate surface area is 114 Å². The van der Waals surface area contributed by atoms with Crippen LogP contribution in [-0.4, -0.2) is 22.5 Å². The van der Waals surface area contributed by atoms with Crippen molar-refractivity contribution in [2.24, 2.45) is 0 Å². The summed E-state index contributed by atoms with van der Waals surface area (Å²) in [7, 11) is 0. The number of anilines is 1. The summed E-state index contributed by atoms with van der Waals surface area (Å²) >= 11 is 0. The minimum absolute atomic E-state index is 0.0145. The molecule has 0 radical (unpaired) electrons. The van der Waals surface area contributed by atoms with Gasteiger partial charge in [-0.1, -0.05) is 12.1 Å². The molecule has 0 saturated heterocycles. The highest BCUT2D eigenvalue weighted by molar-refractivity contribution is 6.15. The molecule has 0 aromatic heterocycles. The molecule has 0 spiro atoms. The van der Waals surface area contributed by atoms with Gasteiger partial charge in [0.1, 0.15) is 17.2 Å². The Bertz CT molecular complexity index is 681. The van der Waals surface area contributed by atoms with Crippen molar-refractivity contribution in [2.75, 3.05) is 5.73 Å². The highest BCUT2D eigenvalue weighted by atomic mass is 16.5. The van der Waals surface area contributed by atoms with Crippen molar-refractivity contribution in [1.82, 2.24) is 0 Å². The molecule has 0 bridgehead atoms. The Hall–Kier alpha value is -3.02. The number of phenolic OH excluding ortho intramolecular Hbond substituents is 2. The van der Waals surface area contributed by atoms with Crippen LogP contribution in [-0.2, 0) is 4.79 Å². The van der Waals surface area contributed by atoms with Crippen molar-refractivity contribution < 1.29 is 24.5 Å². The van der Waals surface area contributed by atoms with Crippen LogP contribution in [0.25, 0.3) is 0 Å². The summed E-state index contributed by atoms with van der Waals surface area (Å²) < 4.78 is 4.66. The maximum Gasteiger partial charge on any atom is 0.298 e. The molecule has 102 valence electrons. The van der Waals surface area contributed by atoms with E-state index in [0.717, 1.165) is 12.1 Å². The number of ether oxygens (including phenoxy) is 1. The van der Waals surface area contributed by atoms with Crippen molar-refractivity contribution in [2.45, 2.75) is 0 Å². The zero-order valence-electron chi connectivity index (χ0n) is 10.2. The van der Waals surface area contributed by atoms with Gasteiger partial charge < -0.3 is 20.7 Å². The van der Waals surface area contributed by atoms with Crippen LogP contribution in [0.15, 0.2) is 36.4 Å². The van der Waals surface area contributed by atoms with Gasteiger partial charge >= 0.3 is 0 Å². The van der Waals surface area contributed by atoms with Crippen LogP contribution in [0.3, 0.4) is 0 Å². The molecule has 0 heterocycles. The van der Waals surface area contributed by atoms with E-state index in [-0.39, 0.29) is 40.5 Å². The number of ketones is 1. The van der Waals surface area contributed by atoms with E-state index in [1.807, 2.05) is 0 Å². The van der Waals surface area contributed by atoms with Gasteiger partial charge in [-0.3, -0.25) is 9.59 Å². The Morgan fingerprint density at radius 1 is 1.20 bits per heavy atom. The number of carbonyl (C=O) groups excluding carboxylic acids is 2. The third-order valence-corrected chi connectivity index (χ3v) is 2.67.